The van der Waals surface area contributed by atoms with Crippen LogP contribution in [0.5, 0.6) is 5.75 Å². The summed E-state index contributed by atoms with van der Waals surface area (Å²) in [6.07, 6.45) is 1.90. The lowest BCUT2D eigenvalue weighted by atomic mass is 10.2. The number of anilines is 1. The zero-order chi connectivity index (χ0) is 14.7. The highest BCUT2D eigenvalue weighted by atomic mass is 32.2. The second-order valence-corrected chi connectivity index (χ2v) is 5.65. The molecule has 1 amide bonds. The number of ether oxygens (including phenoxy) is 1. The van der Waals surface area contributed by atoms with E-state index in [2.05, 4.69) is 5.32 Å². The summed E-state index contributed by atoms with van der Waals surface area (Å²) in [5.41, 5.74) is 1.85. The summed E-state index contributed by atoms with van der Waals surface area (Å²) in [6.45, 7) is 2.58. The average molecular weight is 297 g/mol. The summed E-state index contributed by atoms with van der Waals surface area (Å²) in [4.78, 5) is 13.8. The Morgan fingerprint density at radius 3 is 2.76 bits per heavy atom. The summed E-state index contributed by atoms with van der Waals surface area (Å²) < 4.78 is 5.51. The lowest BCUT2D eigenvalue weighted by Gasteiger charge is -2.19. The Labute approximate surface area is 128 Å². The zero-order valence-electron chi connectivity index (χ0n) is 11.6. The van der Waals surface area contributed by atoms with Gasteiger partial charge in [-0.3, -0.25) is 4.79 Å². The molecule has 0 fully saturated rings. The molecule has 0 spiro atoms. The Morgan fingerprint density at radius 1 is 1.19 bits per heavy atom. The minimum atomic E-state index is -0.0690. The minimum Gasteiger partial charge on any atom is -0.494 e. The second-order valence-electron chi connectivity index (χ2n) is 4.57. The van der Waals surface area contributed by atoms with Crippen molar-refractivity contribution < 1.29 is 9.53 Å². The number of carbonyl (C=O) groups excluding carboxylic acids is 1. The van der Waals surface area contributed by atoms with Gasteiger partial charge in [-0.15, -0.1) is 0 Å². The van der Waals surface area contributed by atoms with Gasteiger partial charge in [0.05, 0.1) is 17.2 Å². The van der Waals surface area contributed by atoms with E-state index in [4.69, 9.17) is 4.74 Å². The van der Waals surface area contributed by atoms with Gasteiger partial charge in [0.2, 0.25) is 0 Å². The van der Waals surface area contributed by atoms with Crippen LogP contribution in [0.15, 0.2) is 58.3 Å². The van der Waals surface area contributed by atoms with Crippen LogP contribution in [0.2, 0.25) is 0 Å². The maximum atomic E-state index is 12.1. The summed E-state index contributed by atoms with van der Waals surface area (Å²) in [6, 6.07) is 15.5. The van der Waals surface area contributed by atoms with Crippen molar-refractivity contribution in [2.45, 2.75) is 11.8 Å². The monoisotopic (exact) mass is 297 g/mol. The summed E-state index contributed by atoms with van der Waals surface area (Å²) in [7, 11) is 0. The molecular formula is C17H15NO2S. The summed E-state index contributed by atoms with van der Waals surface area (Å²) in [5, 5.41) is 2.92. The molecule has 0 atom stereocenters. The van der Waals surface area contributed by atoms with Crippen LogP contribution in [0.25, 0.3) is 6.08 Å². The van der Waals surface area contributed by atoms with E-state index in [0.29, 0.717) is 11.5 Å². The maximum Gasteiger partial charge on any atom is 0.262 e. The van der Waals surface area contributed by atoms with Gasteiger partial charge in [0.15, 0.2) is 0 Å². The van der Waals surface area contributed by atoms with E-state index in [1.807, 2.05) is 61.5 Å². The van der Waals surface area contributed by atoms with Gasteiger partial charge < -0.3 is 10.1 Å². The van der Waals surface area contributed by atoms with Crippen molar-refractivity contribution in [3.8, 4) is 5.75 Å². The molecule has 0 bridgehead atoms. The van der Waals surface area contributed by atoms with Crippen molar-refractivity contribution in [1.29, 1.82) is 0 Å². The highest BCUT2D eigenvalue weighted by molar-refractivity contribution is 8.04. The van der Waals surface area contributed by atoms with E-state index in [1.54, 1.807) is 0 Å². The molecule has 1 N–H and O–H groups in total. The molecule has 1 aliphatic heterocycles. The van der Waals surface area contributed by atoms with E-state index in [9.17, 15) is 4.79 Å². The number of benzene rings is 2. The third-order valence-corrected chi connectivity index (χ3v) is 4.13. The predicted molar refractivity (Wildman–Crippen MR) is 86.5 cm³/mol. The molecule has 1 aliphatic rings. The number of nitrogens with one attached hydrogen (secondary N) is 1. The van der Waals surface area contributed by atoms with Gasteiger partial charge in [0.25, 0.3) is 5.91 Å². The van der Waals surface area contributed by atoms with E-state index in [0.717, 1.165) is 21.9 Å². The quantitative estimate of drug-likeness (QED) is 0.864. The highest BCUT2D eigenvalue weighted by Gasteiger charge is 2.21. The topological polar surface area (TPSA) is 38.3 Å². The van der Waals surface area contributed by atoms with Crippen LogP contribution in [0.1, 0.15) is 12.5 Å². The third kappa shape index (κ3) is 3.11. The van der Waals surface area contributed by atoms with E-state index in [-0.39, 0.29) is 5.91 Å². The first kappa shape index (κ1) is 13.8. The van der Waals surface area contributed by atoms with Gasteiger partial charge in [-0.25, -0.2) is 0 Å². The van der Waals surface area contributed by atoms with Gasteiger partial charge in [-0.2, -0.15) is 0 Å². The summed E-state index contributed by atoms with van der Waals surface area (Å²) in [5.74, 6) is 0.750. The normalized spacial score (nSPS) is 15.5. The SMILES string of the molecule is CCOc1ccc2c(c1)S/C(=C/c1ccccc1)C(=O)N2. The molecule has 0 aliphatic carbocycles. The second kappa shape index (κ2) is 6.06. The molecule has 0 aromatic heterocycles. The fourth-order valence-corrected chi connectivity index (χ4v) is 3.07. The minimum absolute atomic E-state index is 0.0690. The van der Waals surface area contributed by atoms with Crippen LogP contribution in [0.4, 0.5) is 5.69 Å². The molecule has 3 rings (SSSR count). The molecule has 2 aromatic rings. The molecule has 106 valence electrons. The predicted octanol–water partition coefficient (Wildman–Crippen LogP) is 4.17. The fraction of sp³-hybridized carbons (Fsp3) is 0.118. The van der Waals surface area contributed by atoms with Crippen molar-refractivity contribution in [1.82, 2.24) is 0 Å². The van der Waals surface area contributed by atoms with Crippen molar-refractivity contribution in [2.24, 2.45) is 0 Å². The van der Waals surface area contributed by atoms with E-state index < -0.39 is 0 Å². The van der Waals surface area contributed by atoms with Crippen molar-refractivity contribution in [3.05, 3.63) is 59.0 Å². The van der Waals surface area contributed by atoms with Gasteiger partial charge in [-0.05, 0) is 36.8 Å². The van der Waals surface area contributed by atoms with Crippen LogP contribution >= 0.6 is 11.8 Å². The number of amides is 1. The average Bonchev–Trinajstić information content (AvgIpc) is 2.50. The first-order valence-corrected chi connectivity index (χ1v) is 7.60. The van der Waals surface area contributed by atoms with E-state index >= 15 is 0 Å². The molecule has 21 heavy (non-hydrogen) atoms. The van der Waals surface area contributed by atoms with Gasteiger partial charge in [0, 0.05) is 4.90 Å². The van der Waals surface area contributed by atoms with Crippen LogP contribution in [0.3, 0.4) is 0 Å². The van der Waals surface area contributed by atoms with Crippen LogP contribution in [-0.4, -0.2) is 12.5 Å². The number of fused-ring (bicyclic) bond motifs is 1. The first-order chi connectivity index (χ1) is 10.3. The number of rotatable bonds is 3. The van der Waals surface area contributed by atoms with Crippen molar-refractivity contribution in [2.75, 3.05) is 11.9 Å². The van der Waals surface area contributed by atoms with Crippen molar-refractivity contribution >= 4 is 29.4 Å². The standard InChI is InChI=1S/C17H15NO2S/c1-2-20-13-8-9-14-15(11-13)21-16(17(19)18-14)10-12-6-4-3-5-7-12/h3-11H,2H2,1H3,(H,18,19)/b16-10+. The molecule has 0 radical (unpaired) electrons. The first-order valence-electron chi connectivity index (χ1n) is 6.79. The smallest absolute Gasteiger partial charge is 0.262 e. The molecule has 0 unspecified atom stereocenters. The Morgan fingerprint density at radius 2 is 2.00 bits per heavy atom. The van der Waals surface area contributed by atoms with Crippen LogP contribution in [-0.2, 0) is 4.79 Å². The van der Waals surface area contributed by atoms with Gasteiger partial charge >= 0.3 is 0 Å². The number of carbonyl (C=O) groups is 1. The third-order valence-electron chi connectivity index (χ3n) is 3.05. The molecule has 1 heterocycles. The molecule has 0 saturated carbocycles. The molecular weight excluding hydrogens is 282 g/mol. The van der Waals surface area contributed by atoms with Crippen molar-refractivity contribution in [3.63, 3.8) is 0 Å². The molecule has 3 nitrogen and oxygen atoms in total. The lowest BCUT2D eigenvalue weighted by molar-refractivity contribution is -0.112. The molecule has 0 saturated heterocycles. The Balaban J connectivity index is 1.91. The maximum absolute atomic E-state index is 12.1. The number of hydrogen-bond acceptors (Lipinski definition) is 3. The Hall–Kier alpha value is -2.20. The largest absolute Gasteiger partial charge is 0.494 e. The molecule has 2 aromatic carbocycles. The number of thioether (sulfide) groups is 1. The Kier molecular flexibility index (Phi) is 3.97. The summed E-state index contributed by atoms with van der Waals surface area (Å²) >= 11 is 1.47. The fourth-order valence-electron chi connectivity index (χ4n) is 2.09. The van der Waals surface area contributed by atoms with Crippen LogP contribution < -0.4 is 10.1 Å². The Bertz CT molecular complexity index is 695. The molecule has 4 heteroatoms. The van der Waals surface area contributed by atoms with Gasteiger partial charge in [0.1, 0.15) is 5.75 Å². The lowest BCUT2D eigenvalue weighted by Crippen LogP contribution is -2.17. The van der Waals surface area contributed by atoms with Crippen LogP contribution in [0, 0.1) is 0 Å². The van der Waals surface area contributed by atoms with Gasteiger partial charge in [-0.1, -0.05) is 42.1 Å². The highest BCUT2D eigenvalue weighted by Crippen LogP contribution is 2.40. The van der Waals surface area contributed by atoms with E-state index in [1.165, 1.54) is 11.8 Å². The zero-order valence-corrected chi connectivity index (χ0v) is 12.4. The number of hydrogen-bond donors (Lipinski definition) is 1.